The Morgan fingerprint density at radius 2 is 2.00 bits per heavy atom. The molecule has 1 aliphatic rings. The zero-order valence-electron chi connectivity index (χ0n) is 10.2. The van der Waals surface area contributed by atoms with E-state index in [1.807, 2.05) is 0 Å². The number of aliphatic carboxylic acids is 1. The molecular formula is C12H16N2O4S. The minimum atomic E-state index is -3.78. The zero-order valence-corrected chi connectivity index (χ0v) is 11.1. The number of benzene rings is 1. The topological polar surface area (TPSA) is 109 Å². The van der Waals surface area contributed by atoms with Crippen LogP contribution in [0.25, 0.3) is 0 Å². The summed E-state index contributed by atoms with van der Waals surface area (Å²) in [7, 11) is -3.78. The third-order valence-corrected chi connectivity index (χ3v) is 4.30. The summed E-state index contributed by atoms with van der Waals surface area (Å²) < 4.78 is 22.9. The molecule has 1 fully saturated rings. The zero-order chi connectivity index (χ0) is 14.0. The Morgan fingerprint density at radius 1 is 1.32 bits per heavy atom. The molecule has 0 amide bonds. The van der Waals surface area contributed by atoms with Crippen LogP contribution >= 0.6 is 0 Å². The molecule has 0 saturated heterocycles. The van der Waals surface area contributed by atoms with Gasteiger partial charge in [0.15, 0.2) is 0 Å². The van der Waals surface area contributed by atoms with E-state index in [2.05, 4.69) is 5.32 Å². The highest BCUT2D eigenvalue weighted by atomic mass is 32.2. The summed E-state index contributed by atoms with van der Waals surface area (Å²) in [5, 5.41) is 17.2. The lowest BCUT2D eigenvalue weighted by molar-refractivity contribution is -0.141. The molecule has 0 spiro atoms. The largest absolute Gasteiger partial charge is 0.481 e. The van der Waals surface area contributed by atoms with Gasteiger partial charge >= 0.3 is 5.97 Å². The molecule has 104 valence electrons. The summed E-state index contributed by atoms with van der Waals surface area (Å²) in [6, 6.07) is 6.33. The number of nitrogens with two attached hydrogens (primary N) is 1. The van der Waals surface area contributed by atoms with Gasteiger partial charge in [0.2, 0.25) is 10.0 Å². The molecule has 0 heterocycles. The van der Waals surface area contributed by atoms with E-state index in [-0.39, 0.29) is 16.9 Å². The van der Waals surface area contributed by atoms with Crippen molar-refractivity contribution in [2.45, 2.75) is 30.2 Å². The van der Waals surface area contributed by atoms with Crippen molar-refractivity contribution in [3.63, 3.8) is 0 Å². The van der Waals surface area contributed by atoms with E-state index in [1.54, 1.807) is 18.2 Å². The maximum Gasteiger partial charge on any atom is 0.306 e. The molecule has 2 unspecified atom stereocenters. The van der Waals surface area contributed by atoms with E-state index in [1.165, 1.54) is 6.07 Å². The van der Waals surface area contributed by atoms with E-state index in [0.29, 0.717) is 24.9 Å². The molecule has 1 aromatic carbocycles. The van der Waals surface area contributed by atoms with E-state index < -0.39 is 16.0 Å². The molecular weight excluding hydrogens is 268 g/mol. The Hall–Kier alpha value is -1.60. The van der Waals surface area contributed by atoms with Crippen LogP contribution in [0.5, 0.6) is 0 Å². The van der Waals surface area contributed by atoms with E-state index in [9.17, 15) is 13.2 Å². The second-order valence-corrected chi connectivity index (χ2v) is 6.26. The van der Waals surface area contributed by atoms with Gasteiger partial charge in [0.05, 0.1) is 11.6 Å². The SMILES string of the molecule is NS(=O)(=O)c1ccccc1NC1CCC(C(=O)O)C1. The van der Waals surface area contributed by atoms with Gasteiger partial charge in [0.1, 0.15) is 4.90 Å². The molecule has 4 N–H and O–H groups in total. The van der Waals surface area contributed by atoms with Crippen LogP contribution in [0.2, 0.25) is 0 Å². The highest BCUT2D eigenvalue weighted by Gasteiger charge is 2.30. The third kappa shape index (κ3) is 3.24. The Kier molecular flexibility index (Phi) is 3.77. The van der Waals surface area contributed by atoms with Gasteiger partial charge in [-0.15, -0.1) is 0 Å². The normalized spacial score (nSPS) is 23.2. The lowest BCUT2D eigenvalue weighted by atomic mass is 10.1. The maximum absolute atomic E-state index is 11.4. The average Bonchev–Trinajstić information content (AvgIpc) is 2.77. The van der Waals surface area contributed by atoms with Crippen LogP contribution in [-0.2, 0) is 14.8 Å². The second-order valence-electron chi connectivity index (χ2n) is 4.73. The van der Waals surface area contributed by atoms with Gasteiger partial charge in [-0.1, -0.05) is 12.1 Å². The standard InChI is InChI=1S/C12H16N2O4S/c13-19(17,18)11-4-2-1-3-10(11)14-9-6-5-8(7-9)12(15)16/h1-4,8-9,14H,5-7H2,(H,15,16)(H2,13,17,18). The number of rotatable bonds is 4. The van der Waals surface area contributed by atoms with Gasteiger partial charge < -0.3 is 10.4 Å². The summed E-state index contributed by atoms with van der Waals surface area (Å²) >= 11 is 0. The summed E-state index contributed by atoms with van der Waals surface area (Å²) in [4.78, 5) is 10.9. The molecule has 0 aliphatic heterocycles. The number of para-hydroxylation sites is 1. The smallest absolute Gasteiger partial charge is 0.306 e. The first-order valence-electron chi connectivity index (χ1n) is 5.99. The lowest BCUT2D eigenvalue weighted by Crippen LogP contribution is -2.21. The van der Waals surface area contributed by atoms with Crippen LogP contribution in [0.3, 0.4) is 0 Å². The van der Waals surface area contributed by atoms with Gasteiger partial charge in [-0.2, -0.15) is 0 Å². The summed E-state index contributed by atoms with van der Waals surface area (Å²) in [5.41, 5.74) is 0.432. The average molecular weight is 284 g/mol. The fourth-order valence-electron chi connectivity index (χ4n) is 2.39. The number of primary sulfonamides is 1. The summed E-state index contributed by atoms with van der Waals surface area (Å²) in [6.07, 6.45) is 1.80. The van der Waals surface area contributed by atoms with Crippen molar-refractivity contribution in [2.75, 3.05) is 5.32 Å². The number of hydrogen-bond donors (Lipinski definition) is 3. The fourth-order valence-corrected chi connectivity index (χ4v) is 3.09. The fraction of sp³-hybridized carbons (Fsp3) is 0.417. The molecule has 2 rings (SSSR count). The Bertz CT molecular complexity index is 585. The van der Waals surface area contributed by atoms with Crippen molar-refractivity contribution in [2.24, 2.45) is 11.1 Å². The number of carboxylic acids is 1. The van der Waals surface area contributed by atoms with Crippen molar-refractivity contribution in [3.05, 3.63) is 24.3 Å². The number of carbonyl (C=O) groups is 1. The van der Waals surface area contributed by atoms with Crippen molar-refractivity contribution in [3.8, 4) is 0 Å². The van der Waals surface area contributed by atoms with Gasteiger partial charge in [0, 0.05) is 6.04 Å². The number of carboxylic acid groups (broad SMARTS) is 1. The predicted octanol–water partition coefficient (Wildman–Crippen LogP) is 0.999. The molecule has 0 bridgehead atoms. The van der Waals surface area contributed by atoms with Gasteiger partial charge in [-0.05, 0) is 31.4 Å². The molecule has 0 radical (unpaired) electrons. The second kappa shape index (κ2) is 5.18. The van der Waals surface area contributed by atoms with Gasteiger partial charge in [0.25, 0.3) is 0 Å². The molecule has 19 heavy (non-hydrogen) atoms. The molecule has 0 aromatic heterocycles. The van der Waals surface area contributed by atoms with Gasteiger partial charge in [-0.3, -0.25) is 4.79 Å². The van der Waals surface area contributed by atoms with Crippen LogP contribution in [-0.4, -0.2) is 25.5 Å². The summed E-state index contributed by atoms with van der Waals surface area (Å²) in [5.74, 6) is -1.16. The predicted molar refractivity (Wildman–Crippen MR) is 70.2 cm³/mol. The quantitative estimate of drug-likeness (QED) is 0.764. The number of nitrogens with one attached hydrogen (secondary N) is 1. The minimum absolute atomic E-state index is 0.0359. The van der Waals surface area contributed by atoms with Crippen molar-refractivity contribution in [1.29, 1.82) is 0 Å². The first kappa shape index (κ1) is 13.8. The van der Waals surface area contributed by atoms with Crippen LogP contribution in [0.1, 0.15) is 19.3 Å². The maximum atomic E-state index is 11.4. The van der Waals surface area contributed by atoms with Crippen molar-refractivity contribution < 1.29 is 18.3 Å². The highest BCUT2D eigenvalue weighted by molar-refractivity contribution is 7.89. The lowest BCUT2D eigenvalue weighted by Gasteiger charge is -2.16. The van der Waals surface area contributed by atoms with Crippen LogP contribution in [0, 0.1) is 5.92 Å². The molecule has 1 saturated carbocycles. The van der Waals surface area contributed by atoms with Crippen molar-refractivity contribution in [1.82, 2.24) is 0 Å². The highest BCUT2D eigenvalue weighted by Crippen LogP contribution is 2.30. The van der Waals surface area contributed by atoms with E-state index in [4.69, 9.17) is 10.2 Å². The van der Waals surface area contributed by atoms with Gasteiger partial charge in [-0.25, -0.2) is 13.6 Å². The molecule has 7 heteroatoms. The molecule has 6 nitrogen and oxygen atoms in total. The Morgan fingerprint density at radius 3 is 2.58 bits per heavy atom. The van der Waals surface area contributed by atoms with Crippen LogP contribution in [0.15, 0.2) is 29.2 Å². The first-order chi connectivity index (χ1) is 8.88. The van der Waals surface area contributed by atoms with E-state index in [0.717, 1.165) is 0 Å². The summed E-state index contributed by atoms with van der Waals surface area (Å²) in [6.45, 7) is 0. The number of hydrogen-bond acceptors (Lipinski definition) is 4. The van der Waals surface area contributed by atoms with Crippen LogP contribution in [0.4, 0.5) is 5.69 Å². The van der Waals surface area contributed by atoms with Crippen LogP contribution < -0.4 is 10.5 Å². The molecule has 1 aliphatic carbocycles. The minimum Gasteiger partial charge on any atom is -0.481 e. The monoisotopic (exact) mass is 284 g/mol. The number of sulfonamides is 1. The molecule has 1 aromatic rings. The Labute approximate surface area is 111 Å². The van der Waals surface area contributed by atoms with Crippen molar-refractivity contribution >= 4 is 21.7 Å². The van der Waals surface area contributed by atoms with E-state index >= 15 is 0 Å². The number of anilines is 1. The third-order valence-electron chi connectivity index (χ3n) is 3.34. The Balaban J connectivity index is 2.15. The first-order valence-corrected chi connectivity index (χ1v) is 7.53. The molecule has 2 atom stereocenters.